The molecule has 0 radical (unpaired) electrons. The minimum Gasteiger partial charge on any atom is -0.340 e. The maximum Gasteiger partial charge on any atom is 0.243 e. The van der Waals surface area contributed by atoms with Crippen LogP contribution < -0.4 is 5.32 Å². The Morgan fingerprint density at radius 3 is 2.23 bits per heavy atom. The Bertz CT molecular complexity index is 757. The first-order valence-electron chi connectivity index (χ1n) is 8.87. The molecule has 1 N–H and O–H groups in total. The van der Waals surface area contributed by atoms with Gasteiger partial charge in [-0.15, -0.1) is 12.4 Å². The minimum atomic E-state index is -3.50. The first-order valence-corrected chi connectivity index (χ1v) is 10.3. The van der Waals surface area contributed by atoms with Crippen molar-refractivity contribution in [3.05, 3.63) is 29.3 Å². The molecule has 0 saturated carbocycles. The maximum atomic E-state index is 12.8. The Kier molecular flexibility index (Phi) is 6.71. The quantitative estimate of drug-likeness (QED) is 0.828. The molecular formula is C18H28ClN3O3S. The van der Waals surface area contributed by atoms with Crippen molar-refractivity contribution in [1.29, 1.82) is 0 Å². The minimum absolute atomic E-state index is 0. The fraction of sp³-hybridized carbons (Fsp3) is 0.611. The SMILES string of the molecule is Cc1ccc(S(=O)(=O)N2CCN(C(=O)C(C)C3CNC3)CC2)cc1C.Cl. The van der Waals surface area contributed by atoms with Gasteiger partial charge in [0.1, 0.15) is 0 Å². The average molecular weight is 402 g/mol. The van der Waals surface area contributed by atoms with Crippen molar-refractivity contribution in [2.45, 2.75) is 25.7 Å². The second-order valence-electron chi connectivity index (χ2n) is 7.18. The van der Waals surface area contributed by atoms with E-state index < -0.39 is 10.0 Å². The molecule has 2 saturated heterocycles. The molecule has 8 heteroatoms. The van der Waals surface area contributed by atoms with E-state index in [2.05, 4.69) is 5.32 Å². The van der Waals surface area contributed by atoms with Gasteiger partial charge in [0.15, 0.2) is 0 Å². The maximum absolute atomic E-state index is 12.8. The molecule has 26 heavy (non-hydrogen) atoms. The smallest absolute Gasteiger partial charge is 0.243 e. The lowest BCUT2D eigenvalue weighted by atomic mass is 9.88. The third kappa shape index (κ3) is 4.06. The number of amides is 1. The average Bonchev–Trinajstić information content (AvgIpc) is 2.55. The van der Waals surface area contributed by atoms with Gasteiger partial charge in [0, 0.05) is 32.1 Å². The Hall–Kier alpha value is -1.15. The van der Waals surface area contributed by atoms with Crippen LogP contribution in [-0.2, 0) is 14.8 Å². The van der Waals surface area contributed by atoms with Gasteiger partial charge < -0.3 is 10.2 Å². The third-order valence-corrected chi connectivity index (χ3v) is 7.47. The van der Waals surface area contributed by atoms with Crippen LogP contribution in [0, 0.1) is 25.7 Å². The molecule has 0 aromatic heterocycles. The molecule has 2 fully saturated rings. The Morgan fingerprint density at radius 2 is 1.73 bits per heavy atom. The van der Waals surface area contributed by atoms with Crippen molar-refractivity contribution >= 4 is 28.3 Å². The zero-order valence-electron chi connectivity index (χ0n) is 15.6. The molecule has 1 atom stereocenters. The number of carbonyl (C=O) groups excluding carboxylic acids is 1. The molecule has 2 aliphatic heterocycles. The molecule has 1 amide bonds. The van der Waals surface area contributed by atoms with Gasteiger partial charge in [-0.25, -0.2) is 8.42 Å². The highest BCUT2D eigenvalue weighted by atomic mass is 35.5. The lowest BCUT2D eigenvalue weighted by molar-refractivity contribution is -0.138. The fourth-order valence-electron chi connectivity index (χ4n) is 3.33. The lowest BCUT2D eigenvalue weighted by Gasteiger charge is -2.38. The lowest BCUT2D eigenvalue weighted by Crippen LogP contribution is -2.55. The highest BCUT2D eigenvalue weighted by Crippen LogP contribution is 2.23. The highest BCUT2D eigenvalue weighted by molar-refractivity contribution is 7.89. The van der Waals surface area contributed by atoms with Gasteiger partial charge in [0.25, 0.3) is 0 Å². The highest BCUT2D eigenvalue weighted by Gasteiger charge is 2.35. The zero-order chi connectivity index (χ0) is 18.2. The summed E-state index contributed by atoms with van der Waals surface area (Å²) in [5, 5.41) is 3.20. The second-order valence-corrected chi connectivity index (χ2v) is 9.12. The van der Waals surface area contributed by atoms with E-state index in [1.54, 1.807) is 12.1 Å². The number of nitrogens with zero attached hydrogens (tertiary/aromatic N) is 2. The van der Waals surface area contributed by atoms with Gasteiger partial charge in [-0.3, -0.25) is 4.79 Å². The molecule has 3 rings (SSSR count). The summed E-state index contributed by atoms with van der Waals surface area (Å²) in [6, 6.07) is 5.24. The van der Waals surface area contributed by atoms with E-state index in [9.17, 15) is 13.2 Å². The first-order chi connectivity index (χ1) is 11.8. The number of nitrogens with one attached hydrogen (secondary N) is 1. The Balaban J connectivity index is 0.00000243. The van der Waals surface area contributed by atoms with E-state index in [0.717, 1.165) is 24.2 Å². The van der Waals surface area contributed by atoms with Crippen LogP contribution in [0.25, 0.3) is 0 Å². The molecule has 1 aromatic rings. The van der Waals surface area contributed by atoms with Gasteiger partial charge in [-0.2, -0.15) is 4.31 Å². The molecule has 0 bridgehead atoms. The number of carbonyl (C=O) groups is 1. The summed E-state index contributed by atoms with van der Waals surface area (Å²) in [4.78, 5) is 14.7. The standard InChI is InChI=1S/C18H27N3O3S.ClH/c1-13-4-5-17(10-14(13)2)25(23,24)21-8-6-20(7-9-21)18(22)15(3)16-11-19-12-16;/h4-5,10,15-16,19H,6-9,11-12H2,1-3H3;1H. The summed E-state index contributed by atoms with van der Waals surface area (Å²) in [6.45, 7) is 9.30. The van der Waals surface area contributed by atoms with Gasteiger partial charge >= 0.3 is 0 Å². The number of hydrogen-bond donors (Lipinski definition) is 1. The van der Waals surface area contributed by atoms with Crippen molar-refractivity contribution in [2.75, 3.05) is 39.3 Å². The van der Waals surface area contributed by atoms with E-state index in [1.807, 2.05) is 31.7 Å². The topological polar surface area (TPSA) is 69.7 Å². The molecule has 1 aromatic carbocycles. The largest absolute Gasteiger partial charge is 0.340 e. The van der Waals surface area contributed by atoms with Crippen molar-refractivity contribution in [1.82, 2.24) is 14.5 Å². The molecule has 1 unspecified atom stereocenters. The number of halogens is 1. The first kappa shape index (κ1) is 21.2. The van der Waals surface area contributed by atoms with E-state index >= 15 is 0 Å². The number of aryl methyl sites for hydroxylation is 2. The van der Waals surface area contributed by atoms with Crippen molar-refractivity contribution < 1.29 is 13.2 Å². The van der Waals surface area contributed by atoms with E-state index in [-0.39, 0.29) is 24.2 Å². The number of hydrogen-bond acceptors (Lipinski definition) is 4. The molecule has 0 aliphatic carbocycles. The van der Waals surface area contributed by atoms with Crippen LogP contribution >= 0.6 is 12.4 Å². The monoisotopic (exact) mass is 401 g/mol. The second kappa shape index (κ2) is 8.25. The Morgan fingerprint density at radius 1 is 1.12 bits per heavy atom. The van der Waals surface area contributed by atoms with Crippen molar-refractivity contribution in [3.63, 3.8) is 0 Å². The van der Waals surface area contributed by atoms with Gasteiger partial charge in [0.2, 0.25) is 15.9 Å². The van der Waals surface area contributed by atoms with E-state index in [1.165, 1.54) is 4.31 Å². The number of benzene rings is 1. The van der Waals surface area contributed by atoms with Gasteiger partial charge in [-0.1, -0.05) is 13.0 Å². The molecule has 0 spiro atoms. The van der Waals surface area contributed by atoms with Crippen LogP contribution in [0.1, 0.15) is 18.1 Å². The van der Waals surface area contributed by atoms with Crippen molar-refractivity contribution in [3.8, 4) is 0 Å². The molecule has 146 valence electrons. The summed E-state index contributed by atoms with van der Waals surface area (Å²) >= 11 is 0. The van der Waals surface area contributed by atoms with E-state index in [4.69, 9.17) is 0 Å². The van der Waals surface area contributed by atoms with Crippen LogP contribution in [0.2, 0.25) is 0 Å². The Labute approximate surface area is 162 Å². The van der Waals surface area contributed by atoms with Crippen LogP contribution in [0.15, 0.2) is 23.1 Å². The number of sulfonamides is 1. The van der Waals surface area contributed by atoms with Gasteiger partial charge in [-0.05, 0) is 56.1 Å². The summed E-state index contributed by atoms with van der Waals surface area (Å²) in [6.07, 6.45) is 0. The zero-order valence-corrected chi connectivity index (χ0v) is 17.2. The number of piperazine rings is 1. The summed E-state index contributed by atoms with van der Waals surface area (Å²) in [7, 11) is -3.50. The van der Waals surface area contributed by atoms with E-state index in [0.29, 0.717) is 37.0 Å². The van der Waals surface area contributed by atoms with Crippen molar-refractivity contribution in [2.24, 2.45) is 11.8 Å². The number of rotatable bonds is 4. The summed E-state index contributed by atoms with van der Waals surface area (Å²) < 4.78 is 27.2. The fourth-order valence-corrected chi connectivity index (χ4v) is 4.83. The third-order valence-electron chi connectivity index (χ3n) is 5.58. The van der Waals surface area contributed by atoms with Gasteiger partial charge in [0.05, 0.1) is 4.90 Å². The van der Waals surface area contributed by atoms with Crippen LogP contribution in [0.3, 0.4) is 0 Å². The molecule has 2 aliphatic rings. The van der Waals surface area contributed by atoms with Crippen LogP contribution in [0.4, 0.5) is 0 Å². The normalized spacial score (nSPS) is 20.2. The molecular weight excluding hydrogens is 374 g/mol. The predicted octanol–water partition coefficient (Wildman–Crippen LogP) is 1.41. The predicted molar refractivity (Wildman–Crippen MR) is 104 cm³/mol. The van der Waals surface area contributed by atoms with Crippen LogP contribution in [0.5, 0.6) is 0 Å². The summed E-state index contributed by atoms with van der Waals surface area (Å²) in [5.74, 6) is 0.559. The molecule has 2 heterocycles. The summed E-state index contributed by atoms with van der Waals surface area (Å²) in [5.41, 5.74) is 2.05. The van der Waals surface area contributed by atoms with Crippen LogP contribution in [-0.4, -0.2) is 62.8 Å². The molecule has 6 nitrogen and oxygen atoms in total.